The monoisotopic (exact) mass is 322 g/mol. The lowest BCUT2D eigenvalue weighted by Crippen LogP contribution is -2.55. The fraction of sp³-hybridized carbons (Fsp3) is 0.611. The first-order valence-corrected chi connectivity index (χ1v) is 8.21. The molecule has 3 unspecified atom stereocenters. The average Bonchev–Trinajstić information content (AvgIpc) is 2.50. The fourth-order valence-electron chi connectivity index (χ4n) is 3.79. The van der Waals surface area contributed by atoms with Crippen molar-refractivity contribution >= 4 is 18.3 Å². The van der Waals surface area contributed by atoms with Gasteiger partial charge < -0.3 is 10.6 Å². The predicted molar refractivity (Wildman–Crippen MR) is 92.6 cm³/mol. The molecule has 2 N–H and O–H groups in total. The van der Waals surface area contributed by atoms with Gasteiger partial charge >= 0.3 is 0 Å². The summed E-state index contributed by atoms with van der Waals surface area (Å²) in [5, 5.41) is 6.71. The molecule has 3 atom stereocenters. The molecule has 1 aromatic rings. The minimum Gasteiger partial charge on any atom is -0.351 e. The van der Waals surface area contributed by atoms with Crippen molar-refractivity contribution in [1.82, 2.24) is 10.6 Å². The second-order valence-electron chi connectivity index (χ2n) is 6.89. The maximum absolute atomic E-state index is 13.0. The van der Waals surface area contributed by atoms with E-state index in [1.807, 2.05) is 0 Å². The van der Waals surface area contributed by atoms with Gasteiger partial charge in [-0.15, -0.1) is 12.4 Å². The zero-order valence-electron chi connectivity index (χ0n) is 13.5. The summed E-state index contributed by atoms with van der Waals surface area (Å²) >= 11 is 0. The molecule has 3 rings (SSSR count). The van der Waals surface area contributed by atoms with Crippen molar-refractivity contribution in [2.45, 2.75) is 51.0 Å². The second-order valence-corrected chi connectivity index (χ2v) is 6.89. The van der Waals surface area contributed by atoms with Gasteiger partial charge in [0.2, 0.25) is 5.91 Å². The molecule has 0 bridgehead atoms. The first-order chi connectivity index (χ1) is 10.1. The third kappa shape index (κ3) is 3.16. The summed E-state index contributed by atoms with van der Waals surface area (Å²) in [5.41, 5.74) is 2.20. The normalized spacial score (nSPS) is 30.8. The summed E-state index contributed by atoms with van der Waals surface area (Å²) in [6.07, 6.45) is 4.28. The number of rotatable bonds is 2. The van der Waals surface area contributed by atoms with Gasteiger partial charge in [-0.25, -0.2) is 0 Å². The third-order valence-corrected chi connectivity index (χ3v) is 5.38. The van der Waals surface area contributed by atoms with Crippen molar-refractivity contribution in [1.29, 1.82) is 0 Å². The summed E-state index contributed by atoms with van der Waals surface area (Å²) < 4.78 is 0. The van der Waals surface area contributed by atoms with Crippen molar-refractivity contribution in [2.24, 2.45) is 5.92 Å². The smallest absolute Gasteiger partial charge is 0.230 e. The van der Waals surface area contributed by atoms with Crippen molar-refractivity contribution < 1.29 is 4.79 Å². The molecule has 1 aliphatic carbocycles. The van der Waals surface area contributed by atoms with Crippen LogP contribution < -0.4 is 10.6 Å². The van der Waals surface area contributed by atoms with Crippen LogP contribution in [0.1, 0.15) is 44.2 Å². The van der Waals surface area contributed by atoms with Crippen LogP contribution in [0.5, 0.6) is 0 Å². The SMILES string of the molecule is CC1CCNCC1NC(=O)C1(C)CCCc2ccccc21.Cl. The number of nitrogens with one attached hydrogen (secondary N) is 2. The standard InChI is InChI=1S/C18H26N2O.ClH/c1-13-9-11-19-12-16(13)20-17(21)18(2)10-5-7-14-6-3-4-8-15(14)18;/h3-4,6,8,13,16,19H,5,7,9-12H2,1-2H3,(H,20,21);1H. The van der Waals surface area contributed by atoms with Crippen LogP contribution in [0.2, 0.25) is 0 Å². The van der Waals surface area contributed by atoms with Crippen molar-refractivity contribution in [3.63, 3.8) is 0 Å². The van der Waals surface area contributed by atoms with Gasteiger partial charge in [0.05, 0.1) is 5.41 Å². The summed E-state index contributed by atoms with van der Waals surface area (Å²) in [5.74, 6) is 0.757. The summed E-state index contributed by atoms with van der Waals surface area (Å²) in [7, 11) is 0. The van der Waals surface area contributed by atoms with Crippen molar-refractivity contribution in [3.8, 4) is 0 Å². The Hall–Kier alpha value is -1.06. The maximum atomic E-state index is 13.0. The number of carbonyl (C=O) groups is 1. The lowest BCUT2D eigenvalue weighted by atomic mass is 9.70. The molecule has 122 valence electrons. The van der Waals surface area contributed by atoms with E-state index in [1.54, 1.807) is 0 Å². The molecule has 0 radical (unpaired) electrons. The predicted octanol–water partition coefficient (Wildman–Crippen LogP) is 2.82. The molecule has 1 heterocycles. The van der Waals surface area contributed by atoms with Crippen molar-refractivity contribution in [2.75, 3.05) is 13.1 Å². The van der Waals surface area contributed by atoms with E-state index >= 15 is 0 Å². The first kappa shape index (κ1) is 17.3. The summed E-state index contributed by atoms with van der Waals surface area (Å²) in [4.78, 5) is 13.0. The summed E-state index contributed by atoms with van der Waals surface area (Å²) in [6.45, 7) is 6.31. The van der Waals surface area contributed by atoms with Crippen LogP contribution in [0, 0.1) is 5.92 Å². The van der Waals surface area contributed by atoms with Crippen LogP contribution in [0.4, 0.5) is 0 Å². The first-order valence-electron chi connectivity index (χ1n) is 8.21. The molecule has 1 aliphatic heterocycles. The number of piperidine rings is 1. The largest absolute Gasteiger partial charge is 0.351 e. The van der Waals surface area contributed by atoms with Crippen LogP contribution in [0.25, 0.3) is 0 Å². The number of fused-ring (bicyclic) bond motifs is 1. The zero-order chi connectivity index (χ0) is 14.9. The Kier molecular flexibility index (Phi) is 5.51. The van der Waals surface area contributed by atoms with Gasteiger partial charge in [-0.05, 0) is 56.2 Å². The number of amides is 1. The van der Waals surface area contributed by atoms with E-state index in [0.29, 0.717) is 5.92 Å². The van der Waals surface area contributed by atoms with E-state index in [1.165, 1.54) is 11.1 Å². The molecule has 1 fully saturated rings. The van der Waals surface area contributed by atoms with Gasteiger partial charge in [-0.3, -0.25) is 4.79 Å². The number of aryl methyl sites for hydroxylation is 1. The van der Waals surface area contributed by atoms with Crippen LogP contribution in [0.15, 0.2) is 24.3 Å². The molecule has 0 spiro atoms. The number of halogens is 1. The quantitative estimate of drug-likeness (QED) is 0.879. The lowest BCUT2D eigenvalue weighted by molar-refractivity contribution is -0.128. The number of hydrogen-bond donors (Lipinski definition) is 2. The molecule has 1 aromatic carbocycles. The molecule has 3 nitrogen and oxygen atoms in total. The summed E-state index contributed by atoms with van der Waals surface area (Å²) in [6, 6.07) is 8.70. The molecule has 22 heavy (non-hydrogen) atoms. The van der Waals surface area contributed by atoms with Crippen LogP contribution in [-0.2, 0) is 16.6 Å². The van der Waals surface area contributed by atoms with Gasteiger partial charge in [-0.1, -0.05) is 31.2 Å². The minimum atomic E-state index is -0.369. The van der Waals surface area contributed by atoms with E-state index < -0.39 is 0 Å². The highest BCUT2D eigenvalue weighted by Gasteiger charge is 2.40. The highest BCUT2D eigenvalue weighted by Crippen LogP contribution is 2.37. The average molecular weight is 323 g/mol. The molecular formula is C18H27ClN2O. The van der Waals surface area contributed by atoms with Gasteiger partial charge in [0, 0.05) is 12.6 Å². The van der Waals surface area contributed by atoms with Gasteiger partial charge in [-0.2, -0.15) is 0 Å². The fourth-order valence-corrected chi connectivity index (χ4v) is 3.79. The van der Waals surface area contributed by atoms with Crippen LogP contribution in [-0.4, -0.2) is 25.0 Å². The van der Waals surface area contributed by atoms with Gasteiger partial charge in [0.25, 0.3) is 0 Å². The minimum absolute atomic E-state index is 0. The molecule has 1 amide bonds. The van der Waals surface area contributed by atoms with Crippen LogP contribution >= 0.6 is 12.4 Å². The Labute approximate surface area is 139 Å². The number of hydrogen-bond acceptors (Lipinski definition) is 2. The van der Waals surface area contributed by atoms with E-state index in [2.05, 4.69) is 48.7 Å². The Bertz CT molecular complexity index is 534. The molecule has 4 heteroatoms. The van der Waals surface area contributed by atoms with Gasteiger partial charge in [0.1, 0.15) is 0 Å². The molecule has 1 saturated heterocycles. The van der Waals surface area contributed by atoms with E-state index in [-0.39, 0.29) is 29.8 Å². The van der Waals surface area contributed by atoms with E-state index in [9.17, 15) is 4.79 Å². The van der Waals surface area contributed by atoms with Gasteiger partial charge in [0.15, 0.2) is 0 Å². The Morgan fingerprint density at radius 3 is 2.91 bits per heavy atom. The molecular weight excluding hydrogens is 296 g/mol. The zero-order valence-corrected chi connectivity index (χ0v) is 14.3. The van der Waals surface area contributed by atoms with E-state index in [4.69, 9.17) is 0 Å². The van der Waals surface area contributed by atoms with E-state index in [0.717, 1.165) is 38.8 Å². The molecule has 0 aromatic heterocycles. The highest BCUT2D eigenvalue weighted by molar-refractivity contribution is 5.88. The Morgan fingerprint density at radius 1 is 1.36 bits per heavy atom. The molecule has 2 aliphatic rings. The highest BCUT2D eigenvalue weighted by atomic mass is 35.5. The maximum Gasteiger partial charge on any atom is 0.230 e. The van der Waals surface area contributed by atoms with Crippen LogP contribution in [0.3, 0.4) is 0 Å². The van der Waals surface area contributed by atoms with Crippen molar-refractivity contribution in [3.05, 3.63) is 35.4 Å². The Balaban J connectivity index is 0.00000176. The second kappa shape index (κ2) is 7.01. The number of carbonyl (C=O) groups excluding carboxylic acids is 1. The molecule has 0 saturated carbocycles. The lowest BCUT2D eigenvalue weighted by Gasteiger charge is -2.38. The number of benzene rings is 1. The topological polar surface area (TPSA) is 41.1 Å². The third-order valence-electron chi connectivity index (χ3n) is 5.38. The Morgan fingerprint density at radius 2 is 2.14 bits per heavy atom.